The molecule has 0 bridgehead atoms. The highest BCUT2D eigenvalue weighted by Crippen LogP contribution is 2.19. The van der Waals surface area contributed by atoms with Crippen LogP contribution in [-0.4, -0.2) is 24.1 Å². The molecule has 0 aliphatic carbocycles. The molecular weight excluding hydrogens is 185 g/mol. The lowest BCUT2D eigenvalue weighted by Gasteiger charge is -2.11. The van der Waals surface area contributed by atoms with Gasteiger partial charge in [-0.2, -0.15) is 0 Å². The van der Waals surface area contributed by atoms with Gasteiger partial charge in [-0.15, -0.1) is 0 Å². The summed E-state index contributed by atoms with van der Waals surface area (Å²) in [7, 11) is 3.67. The highest BCUT2D eigenvalue weighted by atomic mass is 35.5. The van der Waals surface area contributed by atoms with Crippen molar-refractivity contribution < 1.29 is 0 Å². The third-order valence-electron chi connectivity index (χ3n) is 1.11. The summed E-state index contributed by atoms with van der Waals surface area (Å²) >= 11 is 11.3. The molecule has 0 saturated heterocycles. The third-order valence-corrected chi connectivity index (χ3v) is 1.54. The molecule has 0 aliphatic heterocycles. The summed E-state index contributed by atoms with van der Waals surface area (Å²) in [5.74, 6) is 0.621. The zero-order valence-corrected chi connectivity index (χ0v) is 7.69. The Bertz CT molecular complexity index is 262. The van der Waals surface area contributed by atoms with Crippen molar-refractivity contribution in [3.63, 3.8) is 0 Å². The smallest absolute Gasteiger partial charge is 0.173 e. The fraction of sp³-hybridized carbons (Fsp3) is 0.333. The van der Waals surface area contributed by atoms with Crippen molar-refractivity contribution in [2.75, 3.05) is 19.0 Å². The molecule has 5 heteroatoms. The van der Waals surface area contributed by atoms with Crippen molar-refractivity contribution in [2.24, 2.45) is 0 Å². The lowest BCUT2D eigenvalue weighted by atomic mass is 10.6. The Morgan fingerprint density at radius 1 is 1.36 bits per heavy atom. The Balaban J connectivity index is 3.09. The number of aromatic nitrogens is 2. The van der Waals surface area contributed by atoms with E-state index in [2.05, 4.69) is 9.97 Å². The maximum Gasteiger partial charge on any atom is 0.173 e. The summed E-state index contributed by atoms with van der Waals surface area (Å²) in [6.45, 7) is 0. The van der Waals surface area contributed by atoms with Crippen molar-refractivity contribution in [3.05, 3.63) is 16.5 Å². The molecule has 0 spiro atoms. The van der Waals surface area contributed by atoms with E-state index < -0.39 is 0 Å². The first-order chi connectivity index (χ1) is 5.11. The summed E-state index contributed by atoms with van der Waals surface area (Å²) in [5.41, 5.74) is 0. The molecule has 1 aromatic rings. The molecule has 1 aromatic heterocycles. The zero-order valence-electron chi connectivity index (χ0n) is 6.17. The number of anilines is 1. The van der Waals surface area contributed by atoms with E-state index in [4.69, 9.17) is 23.2 Å². The average Bonchev–Trinajstić information content (AvgIpc) is 1.85. The van der Waals surface area contributed by atoms with Crippen LogP contribution in [-0.2, 0) is 0 Å². The summed E-state index contributed by atoms with van der Waals surface area (Å²) in [4.78, 5) is 9.57. The Labute approximate surface area is 75.0 Å². The van der Waals surface area contributed by atoms with Crippen LogP contribution in [0.15, 0.2) is 6.20 Å². The molecule has 0 N–H and O–H groups in total. The maximum absolute atomic E-state index is 5.72. The van der Waals surface area contributed by atoms with E-state index in [-0.39, 0.29) is 0 Å². The molecule has 0 saturated carbocycles. The second-order valence-corrected chi connectivity index (χ2v) is 2.95. The van der Waals surface area contributed by atoms with E-state index in [0.717, 1.165) is 0 Å². The van der Waals surface area contributed by atoms with Gasteiger partial charge in [-0.05, 0) is 0 Å². The first kappa shape index (κ1) is 8.56. The summed E-state index contributed by atoms with van der Waals surface area (Å²) in [6, 6.07) is 0. The van der Waals surface area contributed by atoms with Gasteiger partial charge in [-0.3, -0.25) is 0 Å². The SMILES string of the molecule is CN(C)c1ncc(Cl)nc1Cl. The largest absolute Gasteiger partial charge is 0.360 e. The topological polar surface area (TPSA) is 29.0 Å². The minimum atomic E-state index is 0.306. The van der Waals surface area contributed by atoms with Crippen molar-refractivity contribution in [1.29, 1.82) is 0 Å². The minimum absolute atomic E-state index is 0.306. The average molecular weight is 192 g/mol. The van der Waals surface area contributed by atoms with Crippen LogP contribution in [0.4, 0.5) is 5.82 Å². The summed E-state index contributed by atoms with van der Waals surface area (Å²) in [6.07, 6.45) is 1.46. The number of hydrogen-bond donors (Lipinski definition) is 0. The lowest BCUT2D eigenvalue weighted by Crippen LogP contribution is -2.11. The van der Waals surface area contributed by atoms with Gasteiger partial charge < -0.3 is 4.90 Å². The van der Waals surface area contributed by atoms with E-state index in [1.807, 2.05) is 14.1 Å². The normalized spacial score (nSPS) is 9.82. The van der Waals surface area contributed by atoms with E-state index in [9.17, 15) is 0 Å². The molecule has 60 valence electrons. The van der Waals surface area contributed by atoms with Crippen LogP contribution >= 0.6 is 23.2 Å². The first-order valence-corrected chi connectivity index (χ1v) is 3.72. The van der Waals surface area contributed by atoms with Gasteiger partial charge in [-0.1, -0.05) is 23.2 Å². The van der Waals surface area contributed by atoms with Crippen LogP contribution in [0.1, 0.15) is 0 Å². The van der Waals surface area contributed by atoms with Crippen LogP contribution in [0.5, 0.6) is 0 Å². The van der Waals surface area contributed by atoms with Gasteiger partial charge in [0.1, 0.15) is 5.15 Å². The second kappa shape index (κ2) is 3.24. The molecule has 0 aromatic carbocycles. The number of halogens is 2. The van der Waals surface area contributed by atoms with Gasteiger partial charge in [0.2, 0.25) is 0 Å². The van der Waals surface area contributed by atoms with Crippen molar-refractivity contribution >= 4 is 29.0 Å². The fourth-order valence-electron chi connectivity index (χ4n) is 0.640. The number of nitrogens with zero attached hydrogens (tertiary/aromatic N) is 3. The van der Waals surface area contributed by atoms with E-state index >= 15 is 0 Å². The molecule has 0 atom stereocenters. The molecule has 0 radical (unpaired) electrons. The molecule has 0 amide bonds. The molecule has 0 fully saturated rings. The van der Waals surface area contributed by atoms with Gasteiger partial charge in [-0.25, -0.2) is 9.97 Å². The van der Waals surface area contributed by atoms with E-state index in [1.165, 1.54) is 6.20 Å². The molecule has 11 heavy (non-hydrogen) atoms. The van der Waals surface area contributed by atoms with Crippen LogP contribution in [0, 0.1) is 0 Å². The zero-order chi connectivity index (χ0) is 8.43. The molecule has 1 heterocycles. The van der Waals surface area contributed by atoms with E-state index in [0.29, 0.717) is 16.1 Å². The van der Waals surface area contributed by atoms with E-state index in [1.54, 1.807) is 4.90 Å². The number of rotatable bonds is 1. The standard InChI is InChI=1S/C6H7Cl2N3/c1-11(2)6-5(8)10-4(7)3-9-6/h3H,1-2H3. The maximum atomic E-state index is 5.72. The molecule has 1 rings (SSSR count). The predicted molar refractivity (Wildman–Crippen MR) is 46.4 cm³/mol. The second-order valence-electron chi connectivity index (χ2n) is 2.20. The first-order valence-electron chi connectivity index (χ1n) is 2.96. The van der Waals surface area contributed by atoms with Gasteiger partial charge in [0.25, 0.3) is 0 Å². The van der Waals surface area contributed by atoms with Crippen LogP contribution in [0.2, 0.25) is 10.3 Å². The van der Waals surface area contributed by atoms with Gasteiger partial charge in [0, 0.05) is 14.1 Å². The highest BCUT2D eigenvalue weighted by Gasteiger charge is 2.04. The molecule has 0 unspecified atom stereocenters. The van der Waals surface area contributed by atoms with Crippen molar-refractivity contribution in [3.8, 4) is 0 Å². The third kappa shape index (κ3) is 1.94. The Morgan fingerprint density at radius 3 is 2.45 bits per heavy atom. The van der Waals surface area contributed by atoms with Gasteiger partial charge in [0.05, 0.1) is 6.20 Å². The summed E-state index contributed by atoms with van der Waals surface area (Å²) in [5, 5.41) is 0.628. The number of hydrogen-bond acceptors (Lipinski definition) is 3. The highest BCUT2D eigenvalue weighted by molar-refractivity contribution is 6.33. The molecule has 3 nitrogen and oxygen atoms in total. The summed E-state index contributed by atoms with van der Waals surface area (Å²) < 4.78 is 0. The Hall–Kier alpha value is -0.540. The quantitative estimate of drug-likeness (QED) is 0.679. The fourth-order valence-corrected chi connectivity index (χ4v) is 1.13. The Kier molecular flexibility index (Phi) is 2.52. The monoisotopic (exact) mass is 191 g/mol. The molecular formula is C6H7Cl2N3. The molecule has 0 aliphatic rings. The predicted octanol–water partition coefficient (Wildman–Crippen LogP) is 1.85. The van der Waals surface area contributed by atoms with Gasteiger partial charge in [0.15, 0.2) is 11.0 Å². The van der Waals surface area contributed by atoms with Crippen LogP contribution in [0.25, 0.3) is 0 Å². The van der Waals surface area contributed by atoms with Crippen LogP contribution < -0.4 is 4.90 Å². The lowest BCUT2D eigenvalue weighted by molar-refractivity contribution is 1.04. The Morgan fingerprint density at radius 2 is 2.00 bits per heavy atom. The van der Waals surface area contributed by atoms with Crippen LogP contribution in [0.3, 0.4) is 0 Å². The van der Waals surface area contributed by atoms with Crippen molar-refractivity contribution in [2.45, 2.75) is 0 Å². The minimum Gasteiger partial charge on any atom is -0.360 e. The van der Waals surface area contributed by atoms with Gasteiger partial charge >= 0.3 is 0 Å². The van der Waals surface area contributed by atoms with Crippen molar-refractivity contribution in [1.82, 2.24) is 9.97 Å².